The number of nitrogens with one attached hydrogen (secondary N) is 1. The largest absolute Gasteiger partial charge is 0.507 e. The van der Waals surface area contributed by atoms with Gasteiger partial charge in [0.2, 0.25) is 11.8 Å². The van der Waals surface area contributed by atoms with Crippen LogP contribution < -0.4 is 5.32 Å². The first kappa shape index (κ1) is 15.6. The molecule has 0 atom stereocenters. The zero-order valence-corrected chi connectivity index (χ0v) is 14.2. The van der Waals surface area contributed by atoms with E-state index in [2.05, 4.69) is 26.2 Å². The van der Waals surface area contributed by atoms with Crippen LogP contribution in [0.1, 0.15) is 13.8 Å². The number of hydrogen-bond acceptors (Lipinski definition) is 4. The lowest BCUT2D eigenvalue weighted by Gasteiger charge is -2.06. The quantitative estimate of drug-likeness (QED) is 0.704. The molecular weight excluding hydrogens is 360 g/mol. The zero-order chi connectivity index (χ0) is 16.6. The lowest BCUT2D eigenvalue weighted by Crippen LogP contribution is -2.17. The molecule has 5 nitrogen and oxygen atoms in total. The fourth-order valence-electron chi connectivity index (χ4n) is 2.06. The molecule has 0 saturated carbocycles. The van der Waals surface area contributed by atoms with Gasteiger partial charge in [-0.3, -0.25) is 4.79 Å². The van der Waals surface area contributed by atoms with Crippen LogP contribution in [0.25, 0.3) is 22.6 Å². The summed E-state index contributed by atoms with van der Waals surface area (Å²) in [5.74, 6) is 0.472. The summed E-state index contributed by atoms with van der Waals surface area (Å²) >= 11 is 3.27. The average Bonchev–Trinajstić information content (AvgIpc) is 2.93. The number of carbonyl (C=O) groups is 1. The van der Waals surface area contributed by atoms with Crippen LogP contribution in [-0.2, 0) is 4.79 Å². The maximum atomic E-state index is 11.8. The fourth-order valence-corrected chi connectivity index (χ4v) is 2.43. The Kier molecular flexibility index (Phi) is 4.09. The summed E-state index contributed by atoms with van der Waals surface area (Å²) in [6, 6.07) is 10.4. The Hall–Kier alpha value is -2.34. The normalized spacial score (nSPS) is 11.1. The van der Waals surface area contributed by atoms with Crippen molar-refractivity contribution < 1.29 is 14.3 Å². The molecule has 23 heavy (non-hydrogen) atoms. The second kappa shape index (κ2) is 6.04. The molecule has 6 heteroatoms. The number of fused-ring (bicyclic) bond motifs is 1. The van der Waals surface area contributed by atoms with Crippen molar-refractivity contribution in [3.8, 4) is 17.2 Å². The summed E-state index contributed by atoms with van der Waals surface area (Å²) in [7, 11) is 0. The molecule has 1 heterocycles. The van der Waals surface area contributed by atoms with Crippen molar-refractivity contribution in [2.45, 2.75) is 13.8 Å². The van der Waals surface area contributed by atoms with Crippen molar-refractivity contribution in [2.24, 2.45) is 5.92 Å². The van der Waals surface area contributed by atoms with Gasteiger partial charge in [0.15, 0.2) is 5.58 Å². The van der Waals surface area contributed by atoms with E-state index in [1.807, 2.05) is 13.8 Å². The first-order chi connectivity index (χ1) is 10.9. The van der Waals surface area contributed by atoms with Crippen LogP contribution in [0.2, 0.25) is 0 Å². The standard InChI is InChI=1S/C17H15BrN2O3/c1-9(2)16(22)19-11-4-6-15-13(8-11)20-17(23-15)10-3-5-14(21)12(18)7-10/h3-9,21H,1-2H3,(H,19,22). The van der Waals surface area contributed by atoms with E-state index in [4.69, 9.17) is 4.42 Å². The highest BCUT2D eigenvalue weighted by atomic mass is 79.9. The number of anilines is 1. The maximum absolute atomic E-state index is 11.8. The van der Waals surface area contributed by atoms with E-state index in [-0.39, 0.29) is 17.6 Å². The summed E-state index contributed by atoms with van der Waals surface area (Å²) in [5.41, 5.74) is 2.72. The van der Waals surface area contributed by atoms with Crippen LogP contribution >= 0.6 is 15.9 Å². The molecule has 0 saturated heterocycles. The topological polar surface area (TPSA) is 75.4 Å². The van der Waals surface area contributed by atoms with Crippen molar-refractivity contribution in [1.29, 1.82) is 0 Å². The molecule has 3 rings (SSSR count). The van der Waals surface area contributed by atoms with Gasteiger partial charge in [-0.15, -0.1) is 0 Å². The second-order valence-corrected chi connectivity index (χ2v) is 6.37. The van der Waals surface area contributed by atoms with Gasteiger partial charge in [-0.2, -0.15) is 0 Å². The van der Waals surface area contributed by atoms with Gasteiger partial charge in [0.25, 0.3) is 0 Å². The van der Waals surface area contributed by atoms with Crippen LogP contribution in [0, 0.1) is 5.92 Å². The van der Waals surface area contributed by atoms with Gasteiger partial charge < -0.3 is 14.8 Å². The molecule has 0 spiro atoms. The molecule has 2 N–H and O–H groups in total. The zero-order valence-electron chi connectivity index (χ0n) is 12.6. The van der Waals surface area contributed by atoms with E-state index >= 15 is 0 Å². The van der Waals surface area contributed by atoms with Gasteiger partial charge >= 0.3 is 0 Å². The summed E-state index contributed by atoms with van der Waals surface area (Å²) in [6.07, 6.45) is 0. The first-order valence-corrected chi connectivity index (χ1v) is 7.93. The highest BCUT2D eigenvalue weighted by Crippen LogP contribution is 2.31. The third kappa shape index (κ3) is 3.22. The average molecular weight is 375 g/mol. The highest BCUT2D eigenvalue weighted by Gasteiger charge is 2.12. The molecule has 0 radical (unpaired) electrons. The van der Waals surface area contributed by atoms with E-state index in [1.165, 1.54) is 0 Å². The van der Waals surface area contributed by atoms with Gasteiger partial charge in [-0.1, -0.05) is 13.8 Å². The smallest absolute Gasteiger partial charge is 0.227 e. The molecule has 3 aromatic rings. The molecule has 0 aliphatic rings. The number of phenols is 1. The minimum Gasteiger partial charge on any atom is -0.507 e. The Labute approximate surface area is 141 Å². The lowest BCUT2D eigenvalue weighted by molar-refractivity contribution is -0.118. The summed E-state index contributed by atoms with van der Waals surface area (Å²) in [6.45, 7) is 3.68. The number of hydrogen-bond donors (Lipinski definition) is 2. The number of amides is 1. The van der Waals surface area contributed by atoms with E-state index in [9.17, 15) is 9.90 Å². The number of aromatic nitrogens is 1. The molecule has 1 amide bonds. The SMILES string of the molecule is CC(C)C(=O)Nc1ccc2oc(-c3ccc(O)c(Br)c3)nc2c1. The summed E-state index contributed by atoms with van der Waals surface area (Å²) < 4.78 is 6.30. The van der Waals surface area contributed by atoms with E-state index < -0.39 is 0 Å². The molecule has 0 unspecified atom stereocenters. The van der Waals surface area contributed by atoms with Crippen molar-refractivity contribution in [3.63, 3.8) is 0 Å². The third-order valence-corrected chi connectivity index (χ3v) is 4.01. The van der Waals surface area contributed by atoms with E-state index in [1.54, 1.807) is 36.4 Å². The molecule has 0 aliphatic carbocycles. The minimum absolute atomic E-state index is 0.0458. The number of benzene rings is 2. The monoisotopic (exact) mass is 374 g/mol. The second-order valence-electron chi connectivity index (χ2n) is 5.51. The van der Waals surface area contributed by atoms with Crippen LogP contribution in [0.3, 0.4) is 0 Å². The van der Waals surface area contributed by atoms with Crippen molar-refractivity contribution in [2.75, 3.05) is 5.32 Å². The Balaban J connectivity index is 1.95. The highest BCUT2D eigenvalue weighted by molar-refractivity contribution is 9.10. The Morgan fingerprint density at radius 3 is 2.74 bits per heavy atom. The summed E-state index contributed by atoms with van der Waals surface area (Å²) in [5, 5.41) is 12.4. The minimum atomic E-state index is -0.0899. The maximum Gasteiger partial charge on any atom is 0.227 e. The molecule has 118 valence electrons. The first-order valence-electron chi connectivity index (χ1n) is 7.14. The Morgan fingerprint density at radius 2 is 2.04 bits per heavy atom. The van der Waals surface area contributed by atoms with E-state index in [0.717, 1.165) is 5.56 Å². The molecule has 0 bridgehead atoms. The van der Waals surface area contributed by atoms with Crippen LogP contribution in [0.4, 0.5) is 5.69 Å². The van der Waals surface area contributed by atoms with Gasteiger partial charge in [-0.25, -0.2) is 4.98 Å². The molecular formula is C17H15BrN2O3. The van der Waals surface area contributed by atoms with Crippen molar-refractivity contribution in [3.05, 3.63) is 40.9 Å². The van der Waals surface area contributed by atoms with Crippen LogP contribution in [0.5, 0.6) is 5.75 Å². The van der Waals surface area contributed by atoms with Gasteiger partial charge in [0.05, 0.1) is 4.47 Å². The number of carbonyl (C=O) groups excluding carboxylic acids is 1. The van der Waals surface area contributed by atoms with Gasteiger partial charge in [0, 0.05) is 17.2 Å². The predicted molar refractivity (Wildman–Crippen MR) is 92.3 cm³/mol. The molecule has 1 aromatic heterocycles. The number of nitrogens with zero attached hydrogens (tertiary/aromatic N) is 1. The van der Waals surface area contributed by atoms with Crippen LogP contribution in [-0.4, -0.2) is 16.0 Å². The Morgan fingerprint density at radius 1 is 1.26 bits per heavy atom. The third-order valence-electron chi connectivity index (χ3n) is 3.37. The number of halogens is 1. The molecule has 0 fully saturated rings. The van der Waals surface area contributed by atoms with E-state index in [0.29, 0.717) is 27.2 Å². The number of phenolic OH excluding ortho intramolecular Hbond substituents is 1. The van der Waals surface area contributed by atoms with Crippen molar-refractivity contribution >= 4 is 38.6 Å². The molecule has 2 aromatic carbocycles. The fraction of sp³-hybridized carbons (Fsp3) is 0.176. The number of aromatic hydroxyl groups is 1. The number of oxazole rings is 1. The van der Waals surface area contributed by atoms with Gasteiger partial charge in [-0.05, 0) is 52.3 Å². The molecule has 0 aliphatic heterocycles. The number of rotatable bonds is 3. The lowest BCUT2D eigenvalue weighted by atomic mass is 10.2. The van der Waals surface area contributed by atoms with Gasteiger partial charge in [0.1, 0.15) is 11.3 Å². The Bertz CT molecular complexity index is 887. The van der Waals surface area contributed by atoms with Crippen molar-refractivity contribution in [1.82, 2.24) is 4.98 Å². The van der Waals surface area contributed by atoms with Crippen LogP contribution in [0.15, 0.2) is 45.3 Å². The summed E-state index contributed by atoms with van der Waals surface area (Å²) in [4.78, 5) is 16.2. The predicted octanol–water partition coefficient (Wildman–Crippen LogP) is 4.56.